The predicted octanol–water partition coefficient (Wildman–Crippen LogP) is 4.78. The second kappa shape index (κ2) is 7.04. The molecule has 7 heteroatoms. The number of carbonyl (C=O) groups is 1. The Morgan fingerprint density at radius 2 is 1.80 bits per heavy atom. The monoisotopic (exact) mass is 350 g/mol. The molecule has 132 valence electrons. The average Bonchev–Trinajstić information content (AvgIpc) is 2.56. The van der Waals surface area contributed by atoms with Gasteiger partial charge in [0.05, 0.1) is 6.04 Å². The van der Waals surface area contributed by atoms with Crippen molar-refractivity contribution in [3.8, 4) is 5.75 Å². The first-order valence-corrected chi connectivity index (χ1v) is 7.92. The molecule has 4 nitrogen and oxygen atoms in total. The van der Waals surface area contributed by atoms with E-state index in [4.69, 9.17) is 0 Å². The molecule has 25 heavy (non-hydrogen) atoms. The van der Waals surface area contributed by atoms with E-state index in [1.165, 1.54) is 17.7 Å². The number of anilines is 1. The number of rotatable bonds is 3. The SMILES string of the molecule is O=C(Nc1ccc(OC(F)(F)F)cc1)NC1CCCc2ccccc21. The Morgan fingerprint density at radius 1 is 1.08 bits per heavy atom. The minimum Gasteiger partial charge on any atom is -0.406 e. The van der Waals surface area contributed by atoms with Crippen molar-refractivity contribution in [2.45, 2.75) is 31.7 Å². The Morgan fingerprint density at radius 3 is 2.52 bits per heavy atom. The summed E-state index contributed by atoms with van der Waals surface area (Å²) in [5, 5.41) is 5.54. The number of ether oxygens (including phenoxy) is 1. The van der Waals surface area contributed by atoms with Crippen molar-refractivity contribution >= 4 is 11.7 Å². The highest BCUT2D eigenvalue weighted by molar-refractivity contribution is 5.89. The molecule has 2 aromatic rings. The van der Waals surface area contributed by atoms with Crippen LogP contribution in [0.3, 0.4) is 0 Å². The van der Waals surface area contributed by atoms with E-state index in [1.54, 1.807) is 0 Å². The molecule has 2 aromatic carbocycles. The Bertz CT molecular complexity index is 745. The summed E-state index contributed by atoms with van der Waals surface area (Å²) in [6.07, 6.45) is -1.90. The number of nitrogens with one attached hydrogen (secondary N) is 2. The fraction of sp³-hybridized carbons (Fsp3) is 0.278. The molecule has 0 aliphatic heterocycles. The number of hydrogen-bond donors (Lipinski definition) is 2. The molecule has 2 amide bonds. The Hall–Kier alpha value is -2.70. The lowest BCUT2D eigenvalue weighted by Gasteiger charge is -2.26. The van der Waals surface area contributed by atoms with Crippen molar-refractivity contribution in [1.29, 1.82) is 0 Å². The van der Waals surface area contributed by atoms with Gasteiger partial charge in [-0.1, -0.05) is 24.3 Å². The molecule has 1 atom stereocenters. The molecule has 0 radical (unpaired) electrons. The topological polar surface area (TPSA) is 50.4 Å². The summed E-state index contributed by atoms with van der Waals surface area (Å²) in [4.78, 5) is 12.2. The number of carbonyl (C=O) groups excluding carboxylic acids is 1. The first-order chi connectivity index (χ1) is 11.9. The lowest BCUT2D eigenvalue weighted by Crippen LogP contribution is -2.34. The highest BCUT2D eigenvalue weighted by Crippen LogP contribution is 2.29. The second-order valence-electron chi connectivity index (χ2n) is 5.81. The second-order valence-corrected chi connectivity index (χ2v) is 5.81. The van der Waals surface area contributed by atoms with Gasteiger partial charge < -0.3 is 15.4 Å². The summed E-state index contributed by atoms with van der Waals surface area (Å²) in [5.74, 6) is -0.334. The zero-order chi connectivity index (χ0) is 17.9. The number of urea groups is 1. The van der Waals surface area contributed by atoms with Crippen LogP contribution in [-0.4, -0.2) is 12.4 Å². The largest absolute Gasteiger partial charge is 0.573 e. The zero-order valence-corrected chi connectivity index (χ0v) is 13.3. The van der Waals surface area contributed by atoms with Crippen molar-refractivity contribution in [2.75, 3.05) is 5.32 Å². The van der Waals surface area contributed by atoms with Gasteiger partial charge in [-0.25, -0.2) is 4.79 Å². The molecule has 0 fully saturated rings. The van der Waals surface area contributed by atoms with Gasteiger partial charge in [0.15, 0.2) is 0 Å². The van der Waals surface area contributed by atoms with Crippen LogP contribution in [0.25, 0.3) is 0 Å². The van der Waals surface area contributed by atoms with Gasteiger partial charge in [-0.15, -0.1) is 13.2 Å². The number of benzene rings is 2. The summed E-state index contributed by atoms with van der Waals surface area (Å²) in [5.41, 5.74) is 2.72. The first kappa shape index (κ1) is 17.1. The molecule has 1 aliphatic rings. The van der Waals surface area contributed by atoms with E-state index in [0.29, 0.717) is 5.69 Å². The Kier molecular flexibility index (Phi) is 4.83. The summed E-state index contributed by atoms with van der Waals surface area (Å²) < 4.78 is 40.2. The molecule has 0 bridgehead atoms. The lowest BCUT2D eigenvalue weighted by molar-refractivity contribution is -0.274. The third-order valence-corrected chi connectivity index (χ3v) is 4.02. The van der Waals surface area contributed by atoms with Crippen LogP contribution in [0.1, 0.15) is 30.0 Å². The fourth-order valence-corrected chi connectivity index (χ4v) is 2.97. The minimum atomic E-state index is -4.74. The van der Waals surface area contributed by atoms with Crippen LogP contribution in [-0.2, 0) is 6.42 Å². The van der Waals surface area contributed by atoms with Crippen molar-refractivity contribution in [3.05, 3.63) is 59.7 Å². The number of fused-ring (bicyclic) bond motifs is 1. The van der Waals surface area contributed by atoms with E-state index < -0.39 is 12.4 Å². The summed E-state index contributed by atoms with van der Waals surface area (Å²) >= 11 is 0. The van der Waals surface area contributed by atoms with Crippen molar-refractivity contribution in [3.63, 3.8) is 0 Å². The van der Waals surface area contributed by atoms with E-state index >= 15 is 0 Å². The summed E-state index contributed by atoms with van der Waals surface area (Å²) in [7, 11) is 0. The van der Waals surface area contributed by atoms with Crippen LogP contribution in [0, 0.1) is 0 Å². The molecule has 0 heterocycles. The van der Waals surface area contributed by atoms with Gasteiger partial charge in [0.25, 0.3) is 0 Å². The van der Waals surface area contributed by atoms with Gasteiger partial charge in [0.1, 0.15) is 5.75 Å². The quantitative estimate of drug-likeness (QED) is 0.837. The van der Waals surface area contributed by atoms with E-state index in [2.05, 4.69) is 21.4 Å². The highest BCUT2D eigenvalue weighted by Gasteiger charge is 2.31. The van der Waals surface area contributed by atoms with Crippen LogP contribution in [0.15, 0.2) is 48.5 Å². The van der Waals surface area contributed by atoms with Gasteiger partial charge in [-0.2, -0.15) is 0 Å². The van der Waals surface area contributed by atoms with Crippen LogP contribution in [0.5, 0.6) is 5.75 Å². The number of hydrogen-bond acceptors (Lipinski definition) is 2. The molecular formula is C18H17F3N2O2. The maximum atomic E-state index is 12.2. The third-order valence-electron chi connectivity index (χ3n) is 4.02. The van der Waals surface area contributed by atoms with Crippen LogP contribution < -0.4 is 15.4 Å². The third kappa shape index (κ3) is 4.65. The Balaban J connectivity index is 1.60. The highest BCUT2D eigenvalue weighted by atomic mass is 19.4. The molecule has 3 rings (SSSR count). The fourth-order valence-electron chi connectivity index (χ4n) is 2.97. The standard InChI is InChI=1S/C18H17F3N2O2/c19-18(20,21)25-14-10-8-13(9-11-14)22-17(24)23-16-7-3-5-12-4-1-2-6-15(12)16/h1-2,4,6,8-11,16H,3,5,7H2,(H2,22,23,24). The maximum absolute atomic E-state index is 12.2. The van der Waals surface area contributed by atoms with E-state index in [9.17, 15) is 18.0 Å². The first-order valence-electron chi connectivity index (χ1n) is 7.92. The summed E-state index contributed by atoms with van der Waals surface area (Å²) in [6, 6.07) is 12.5. The van der Waals surface area contributed by atoms with E-state index in [-0.39, 0.29) is 11.8 Å². The van der Waals surface area contributed by atoms with Crippen molar-refractivity contribution < 1.29 is 22.7 Å². The van der Waals surface area contributed by atoms with Gasteiger partial charge in [-0.05, 0) is 54.7 Å². The van der Waals surface area contributed by atoms with Gasteiger partial charge in [0, 0.05) is 5.69 Å². The number of alkyl halides is 3. The number of halogens is 3. The molecular weight excluding hydrogens is 333 g/mol. The van der Waals surface area contributed by atoms with Crippen LogP contribution in [0.2, 0.25) is 0 Å². The molecule has 0 aromatic heterocycles. The minimum absolute atomic E-state index is 0.0715. The van der Waals surface area contributed by atoms with E-state index in [0.717, 1.165) is 37.0 Å². The summed E-state index contributed by atoms with van der Waals surface area (Å²) in [6.45, 7) is 0. The van der Waals surface area contributed by atoms with Gasteiger partial charge in [0.2, 0.25) is 0 Å². The Labute approximate surface area is 143 Å². The van der Waals surface area contributed by atoms with Crippen molar-refractivity contribution in [2.24, 2.45) is 0 Å². The average molecular weight is 350 g/mol. The molecule has 2 N–H and O–H groups in total. The predicted molar refractivity (Wildman–Crippen MR) is 87.4 cm³/mol. The molecule has 0 saturated carbocycles. The van der Waals surface area contributed by atoms with Crippen molar-refractivity contribution in [1.82, 2.24) is 5.32 Å². The smallest absolute Gasteiger partial charge is 0.406 e. The van der Waals surface area contributed by atoms with Crippen LogP contribution >= 0.6 is 0 Å². The van der Waals surface area contributed by atoms with Crippen LogP contribution in [0.4, 0.5) is 23.7 Å². The maximum Gasteiger partial charge on any atom is 0.573 e. The van der Waals surface area contributed by atoms with Gasteiger partial charge in [-0.3, -0.25) is 0 Å². The molecule has 0 saturated heterocycles. The molecule has 0 spiro atoms. The van der Waals surface area contributed by atoms with Gasteiger partial charge >= 0.3 is 12.4 Å². The lowest BCUT2D eigenvalue weighted by atomic mass is 9.88. The normalized spacial score (nSPS) is 16.7. The number of amides is 2. The molecule has 1 aliphatic carbocycles. The zero-order valence-electron chi connectivity index (χ0n) is 13.3. The molecule has 1 unspecified atom stereocenters. The van der Waals surface area contributed by atoms with E-state index in [1.807, 2.05) is 18.2 Å². The number of aryl methyl sites for hydroxylation is 1.